The summed E-state index contributed by atoms with van der Waals surface area (Å²) in [7, 11) is 0. The lowest BCUT2D eigenvalue weighted by molar-refractivity contribution is -0.120. The Balaban J connectivity index is 1.40. The van der Waals surface area contributed by atoms with Gasteiger partial charge in [0.25, 0.3) is 5.56 Å². The average Bonchev–Trinajstić information content (AvgIpc) is 2.74. The van der Waals surface area contributed by atoms with Crippen molar-refractivity contribution in [1.82, 2.24) is 15.2 Å². The molecular weight excluding hydrogens is 374 g/mol. The van der Waals surface area contributed by atoms with Crippen LogP contribution in [0.25, 0.3) is 10.9 Å². The number of benzene rings is 2. The van der Waals surface area contributed by atoms with Crippen LogP contribution in [0.1, 0.15) is 36.5 Å². The Kier molecular flexibility index (Phi) is 6.29. The maximum absolute atomic E-state index is 12.5. The minimum absolute atomic E-state index is 0.0754. The Hall–Kier alpha value is -2.92. The first-order chi connectivity index (χ1) is 14.6. The largest absolute Gasteiger partial charge is 0.352 e. The quantitative estimate of drug-likeness (QED) is 0.661. The lowest BCUT2D eigenvalue weighted by Gasteiger charge is -2.31. The van der Waals surface area contributed by atoms with Gasteiger partial charge >= 0.3 is 0 Å². The van der Waals surface area contributed by atoms with E-state index >= 15 is 0 Å². The van der Waals surface area contributed by atoms with Gasteiger partial charge in [-0.1, -0.05) is 49.4 Å². The topological polar surface area (TPSA) is 65.2 Å². The average molecular weight is 404 g/mol. The molecule has 156 valence electrons. The fourth-order valence-corrected chi connectivity index (χ4v) is 4.31. The van der Waals surface area contributed by atoms with Crippen molar-refractivity contribution in [3.8, 4) is 0 Å². The van der Waals surface area contributed by atoms with Gasteiger partial charge in [-0.3, -0.25) is 14.5 Å². The van der Waals surface area contributed by atoms with E-state index in [0.717, 1.165) is 42.0 Å². The molecule has 1 aliphatic rings. The van der Waals surface area contributed by atoms with Crippen LogP contribution in [0.3, 0.4) is 0 Å². The standard InChI is InChI=1S/C25H29N3O2/c1-18-7-6-12-28(16-18)17-21-10-3-2-9-20(21)15-26-24(29)14-22-13-19-8-4-5-11-23(19)27-25(22)30/h2-5,8-11,13,18H,6-7,12,14-17H2,1H3,(H,26,29)(H,27,30). The second-order valence-corrected chi connectivity index (χ2v) is 8.42. The lowest BCUT2D eigenvalue weighted by atomic mass is 9.99. The summed E-state index contributed by atoms with van der Waals surface area (Å²) in [4.78, 5) is 30.2. The van der Waals surface area contributed by atoms with Gasteiger partial charge in [-0.05, 0) is 54.0 Å². The summed E-state index contributed by atoms with van der Waals surface area (Å²) in [5.41, 5.74) is 3.46. The number of amides is 1. The molecule has 5 nitrogen and oxygen atoms in total. The van der Waals surface area contributed by atoms with Gasteiger partial charge in [0, 0.05) is 30.7 Å². The molecule has 1 aromatic heterocycles. The van der Waals surface area contributed by atoms with Crippen molar-refractivity contribution >= 4 is 16.8 Å². The monoisotopic (exact) mass is 403 g/mol. The first-order valence-corrected chi connectivity index (χ1v) is 10.8. The fourth-order valence-electron chi connectivity index (χ4n) is 4.31. The van der Waals surface area contributed by atoms with Crippen LogP contribution in [-0.2, 0) is 24.3 Å². The third-order valence-electron chi connectivity index (χ3n) is 5.91. The van der Waals surface area contributed by atoms with Crippen molar-refractivity contribution in [2.75, 3.05) is 13.1 Å². The molecule has 1 aliphatic heterocycles. The number of pyridine rings is 1. The molecule has 2 N–H and O–H groups in total. The van der Waals surface area contributed by atoms with Crippen LogP contribution in [0.2, 0.25) is 0 Å². The smallest absolute Gasteiger partial charge is 0.252 e. The van der Waals surface area contributed by atoms with Crippen LogP contribution < -0.4 is 10.9 Å². The molecule has 2 heterocycles. The van der Waals surface area contributed by atoms with Gasteiger partial charge in [-0.25, -0.2) is 0 Å². The SMILES string of the molecule is CC1CCCN(Cc2ccccc2CNC(=O)Cc2cc3ccccc3[nH]c2=O)C1. The van der Waals surface area contributed by atoms with Crippen LogP contribution in [0.15, 0.2) is 59.4 Å². The molecule has 30 heavy (non-hydrogen) atoms. The van der Waals surface area contributed by atoms with Gasteiger partial charge in [0.2, 0.25) is 5.91 Å². The molecule has 1 atom stereocenters. The zero-order valence-electron chi connectivity index (χ0n) is 17.5. The zero-order chi connectivity index (χ0) is 20.9. The fraction of sp³-hybridized carbons (Fsp3) is 0.360. The Morgan fingerprint density at radius 2 is 1.87 bits per heavy atom. The summed E-state index contributed by atoms with van der Waals surface area (Å²) in [5.74, 6) is 0.600. The highest BCUT2D eigenvalue weighted by molar-refractivity contribution is 5.82. The minimum Gasteiger partial charge on any atom is -0.352 e. The third-order valence-corrected chi connectivity index (χ3v) is 5.91. The number of aromatic nitrogens is 1. The number of hydrogen-bond donors (Lipinski definition) is 2. The molecule has 0 spiro atoms. The number of H-pyrrole nitrogens is 1. The van der Waals surface area contributed by atoms with E-state index in [-0.39, 0.29) is 17.9 Å². The first kappa shape index (κ1) is 20.4. The number of fused-ring (bicyclic) bond motifs is 1. The molecule has 1 unspecified atom stereocenters. The summed E-state index contributed by atoms with van der Waals surface area (Å²) in [6.07, 6.45) is 2.63. The first-order valence-electron chi connectivity index (χ1n) is 10.8. The van der Waals surface area contributed by atoms with E-state index < -0.39 is 0 Å². The number of nitrogens with zero attached hydrogens (tertiary/aromatic N) is 1. The molecule has 1 fully saturated rings. The van der Waals surface area contributed by atoms with E-state index in [1.165, 1.54) is 18.4 Å². The van der Waals surface area contributed by atoms with Gasteiger partial charge in [-0.2, -0.15) is 0 Å². The molecule has 1 amide bonds. The number of rotatable bonds is 6. The molecule has 3 aromatic rings. The molecule has 0 saturated carbocycles. The second kappa shape index (κ2) is 9.26. The van der Waals surface area contributed by atoms with E-state index in [0.29, 0.717) is 12.1 Å². The number of hydrogen-bond acceptors (Lipinski definition) is 3. The molecule has 2 aromatic carbocycles. The maximum atomic E-state index is 12.5. The van der Waals surface area contributed by atoms with Crippen molar-refractivity contribution in [3.05, 3.63) is 81.6 Å². The highest BCUT2D eigenvalue weighted by Gasteiger charge is 2.17. The van der Waals surface area contributed by atoms with Crippen molar-refractivity contribution in [2.24, 2.45) is 5.92 Å². The highest BCUT2D eigenvalue weighted by Crippen LogP contribution is 2.19. The number of piperidine rings is 1. The number of aromatic amines is 1. The van der Waals surface area contributed by atoms with Gasteiger partial charge in [0.15, 0.2) is 0 Å². The van der Waals surface area contributed by atoms with E-state index in [1.54, 1.807) is 6.07 Å². The van der Waals surface area contributed by atoms with Crippen LogP contribution in [0.5, 0.6) is 0 Å². The van der Waals surface area contributed by atoms with Crippen molar-refractivity contribution in [2.45, 2.75) is 39.3 Å². The van der Waals surface area contributed by atoms with Crippen molar-refractivity contribution < 1.29 is 4.79 Å². The number of para-hydroxylation sites is 1. The van der Waals surface area contributed by atoms with Gasteiger partial charge < -0.3 is 10.3 Å². The predicted octanol–water partition coefficient (Wildman–Crippen LogP) is 3.62. The number of nitrogens with one attached hydrogen (secondary N) is 2. The Morgan fingerprint density at radius 3 is 2.70 bits per heavy atom. The lowest BCUT2D eigenvalue weighted by Crippen LogP contribution is -2.34. The van der Waals surface area contributed by atoms with Crippen molar-refractivity contribution in [3.63, 3.8) is 0 Å². The summed E-state index contributed by atoms with van der Waals surface area (Å²) < 4.78 is 0. The van der Waals surface area contributed by atoms with Gasteiger partial charge in [0.1, 0.15) is 0 Å². The summed E-state index contributed by atoms with van der Waals surface area (Å²) >= 11 is 0. The van der Waals surface area contributed by atoms with Crippen LogP contribution >= 0.6 is 0 Å². The van der Waals surface area contributed by atoms with E-state index in [4.69, 9.17) is 0 Å². The Bertz CT molecular complexity index is 1090. The summed E-state index contributed by atoms with van der Waals surface area (Å²) in [5, 5.41) is 3.93. The molecule has 0 bridgehead atoms. The van der Waals surface area contributed by atoms with Gasteiger partial charge in [0.05, 0.1) is 6.42 Å². The van der Waals surface area contributed by atoms with Crippen LogP contribution in [0, 0.1) is 5.92 Å². The number of likely N-dealkylation sites (tertiary alicyclic amines) is 1. The van der Waals surface area contributed by atoms with Crippen molar-refractivity contribution in [1.29, 1.82) is 0 Å². The molecule has 0 aliphatic carbocycles. The Labute approximate surface area is 177 Å². The van der Waals surface area contributed by atoms with E-state index in [1.807, 2.05) is 30.3 Å². The molecule has 4 rings (SSSR count). The maximum Gasteiger partial charge on any atom is 0.252 e. The second-order valence-electron chi connectivity index (χ2n) is 8.42. The van der Waals surface area contributed by atoms with Crippen LogP contribution in [0.4, 0.5) is 0 Å². The van der Waals surface area contributed by atoms with Gasteiger partial charge in [-0.15, -0.1) is 0 Å². The highest BCUT2D eigenvalue weighted by atomic mass is 16.2. The predicted molar refractivity (Wildman–Crippen MR) is 120 cm³/mol. The molecular formula is C25H29N3O2. The summed E-state index contributed by atoms with van der Waals surface area (Å²) in [6.45, 7) is 5.97. The molecule has 1 saturated heterocycles. The third kappa shape index (κ3) is 4.97. The normalized spacial score (nSPS) is 17.2. The van der Waals surface area contributed by atoms with E-state index in [9.17, 15) is 9.59 Å². The van der Waals surface area contributed by atoms with E-state index in [2.05, 4.69) is 40.3 Å². The minimum atomic E-state index is -0.205. The molecule has 5 heteroatoms. The van der Waals surface area contributed by atoms with Crippen LogP contribution in [-0.4, -0.2) is 28.9 Å². The number of carbonyl (C=O) groups excluding carboxylic acids is 1. The molecule has 0 radical (unpaired) electrons. The number of carbonyl (C=O) groups is 1. The zero-order valence-corrected chi connectivity index (χ0v) is 17.5. The summed E-state index contributed by atoms with van der Waals surface area (Å²) in [6, 6.07) is 17.7. The Morgan fingerprint density at radius 1 is 1.10 bits per heavy atom.